The van der Waals surface area contributed by atoms with Gasteiger partial charge in [0.05, 0.1) is 7.11 Å². The lowest BCUT2D eigenvalue weighted by molar-refractivity contribution is -0.136. The van der Waals surface area contributed by atoms with Crippen LogP contribution in [-0.4, -0.2) is 13.1 Å². The van der Waals surface area contributed by atoms with Gasteiger partial charge in [-0.1, -0.05) is 22.0 Å². The van der Waals surface area contributed by atoms with Gasteiger partial charge in [0.25, 0.3) is 0 Å². The third-order valence-corrected chi connectivity index (χ3v) is 2.76. The highest BCUT2D eigenvalue weighted by molar-refractivity contribution is 9.10. The fourth-order valence-electron chi connectivity index (χ4n) is 1.57. The summed E-state index contributed by atoms with van der Waals surface area (Å²) >= 11 is 3.40. The zero-order chi connectivity index (χ0) is 10.1. The van der Waals surface area contributed by atoms with Crippen molar-refractivity contribution >= 4 is 28.0 Å². The molecule has 1 aliphatic carbocycles. The molecule has 0 amide bonds. The second kappa shape index (κ2) is 3.58. The molecule has 0 aromatic heterocycles. The smallest absolute Gasteiger partial charge is 0.334 e. The predicted octanol–water partition coefficient (Wildman–Crippen LogP) is 2.56. The Kier molecular flexibility index (Phi) is 2.42. The standard InChI is InChI=1S/C11H9BrO2/c1-14-11(13)9-4-7-2-3-10(12)6-8(7)5-9/h2-4,6H,5H2,1H3. The molecule has 1 aliphatic rings. The normalized spacial score (nSPS) is 13.4. The van der Waals surface area contributed by atoms with Gasteiger partial charge in [-0.3, -0.25) is 0 Å². The zero-order valence-electron chi connectivity index (χ0n) is 7.71. The van der Waals surface area contributed by atoms with Gasteiger partial charge in [-0.05, 0) is 29.3 Å². The predicted molar refractivity (Wildman–Crippen MR) is 57.8 cm³/mol. The van der Waals surface area contributed by atoms with Crippen LogP contribution in [0.15, 0.2) is 28.2 Å². The third-order valence-electron chi connectivity index (χ3n) is 2.26. The average Bonchev–Trinajstić information content (AvgIpc) is 2.59. The molecule has 0 N–H and O–H groups in total. The molecule has 0 unspecified atom stereocenters. The second-order valence-corrected chi connectivity index (χ2v) is 4.10. The Morgan fingerprint density at radius 3 is 3.00 bits per heavy atom. The molecule has 0 atom stereocenters. The summed E-state index contributed by atoms with van der Waals surface area (Å²) in [5.74, 6) is -0.239. The Bertz CT molecular complexity index is 421. The molecule has 1 aromatic carbocycles. The lowest BCUT2D eigenvalue weighted by atomic mass is 10.1. The Hall–Kier alpha value is -1.09. The van der Waals surface area contributed by atoms with Gasteiger partial charge < -0.3 is 4.74 Å². The lowest BCUT2D eigenvalue weighted by Crippen LogP contribution is -2.03. The molecule has 0 bridgehead atoms. The first kappa shape index (κ1) is 9.46. The minimum atomic E-state index is -0.239. The maximum atomic E-state index is 11.3. The number of benzene rings is 1. The van der Waals surface area contributed by atoms with Crippen molar-refractivity contribution in [2.24, 2.45) is 0 Å². The van der Waals surface area contributed by atoms with Crippen molar-refractivity contribution in [1.29, 1.82) is 0 Å². The van der Waals surface area contributed by atoms with E-state index in [0.717, 1.165) is 15.6 Å². The highest BCUT2D eigenvalue weighted by Gasteiger charge is 2.18. The summed E-state index contributed by atoms with van der Waals surface area (Å²) in [6.07, 6.45) is 2.55. The van der Waals surface area contributed by atoms with Crippen LogP contribution < -0.4 is 0 Å². The number of methoxy groups -OCH3 is 1. The van der Waals surface area contributed by atoms with E-state index in [9.17, 15) is 4.79 Å². The molecule has 0 saturated carbocycles. The molecular formula is C11H9BrO2. The number of esters is 1. The summed E-state index contributed by atoms with van der Waals surface area (Å²) in [5.41, 5.74) is 2.99. The average molecular weight is 253 g/mol. The maximum absolute atomic E-state index is 11.3. The Morgan fingerprint density at radius 2 is 2.29 bits per heavy atom. The molecule has 0 heterocycles. The lowest BCUT2D eigenvalue weighted by Gasteiger charge is -1.99. The second-order valence-electron chi connectivity index (χ2n) is 3.18. The Labute approximate surface area is 90.7 Å². The van der Waals surface area contributed by atoms with Crippen molar-refractivity contribution in [3.63, 3.8) is 0 Å². The van der Waals surface area contributed by atoms with E-state index in [4.69, 9.17) is 0 Å². The van der Waals surface area contributed by atoms with Crippen molar-refractivity contribution in [3.8, 4) is 0 Å². The van der Waals surface area contributed by atoms with E-state index in [-0.39, 0.29) is 5.97 Å². The quantitative estimate of drug-likeness (QED) is 0.719. The molecule has 72 valence electrons. The summed E-state index contributed by atoms with van der Waals surface area (Å²) in [6.45, 7) is 0. The van der Waals surface area contributed by atoms with Gasteiger partial charge in [-0.15, -0.1) is 0 Å². The van der Waals surface area contributed by atoms with Gasteiger partial charge in [0.15, 0.2) is 0 Å². The van der Waals surface area contributed by atoms with Crippen LogP contribution in [0.25, 0.3) is 6.08 Å². The van der Waals surface area contributed by atoms with Crippen LogP contribution >= 0.6 is 15.9 Å². The monoisotopic (exact) mass is 252 g/mol. The largest absolute Gasteiger partial charge is 0.466 e. The fourth-order valence-corrected chi connectivity index (χ4v) is 1.98. The number of hydrogen-bond acceptors (Lipinski definition) is 2. The first-order chi connectivity index (χ1) is 6.70. The van der Waals surface area contributed by atoms with Crippen LogP contribution in [0.5, 0.6) is 0 Å². The molecule has 0 aliphatic heterocycles. The number of fused-ring (bicyclic) bond motifs is 1. The summed E-state index contributed by atoms with van der Waals surface area (Å²) in [4.78, 5) is 11.3. The van der Waals surface area contributed by atoms with Crippen LogP contribution in [0.2, 0.25) is 0 Å². The van der Waals surface area contributed by atoms with Gasteiger partial charge in [0, 0.05) is 16.5 Å². The molecule has 0 spiro atoms. The number of carbonyl (C=O) groups is 1. The summed E-state index contributed by atoms with van der Waals surface area (Å²) in [7, 11) is 1.40. The number of rotatable bonds is 1. The summed E-state index contributed by atoms with van der Waals surface area (Å²) in [6, 6.07) is 5.99. The first-order valence-corrected chi connectivity index (χ1v) is 5.07. The minimum absolute atomic E-state index is 0.239. The van der Waals surface area contributed by atoms with Crippen LogP contribution in [-0.2, 0) is 16.0 Å². The molecule has 14 heavy (non-hydrogen) atoms. The number of hydrogen-bond donors (Lipinski definition) is 0. The van der Waals surface area contributed by atoms with Gasteiger partial charge in [-0.2, -0.15) is 0 Å². The maximum Gasteiger partial charge on any atom is 0.334 e. The minimum Gasteiger partial charge on any atom is -0.466 e. The van der Waals surface area contributed by atoms with Crippen molar-refractivity contribution in [2.45, 2.75) is 6.42 Å². The topological polar surface area (TPSA) is 26.3 Å². The van der Waals surface area contributed by atoms with E-state index in [1.54, 1.807) is 0 Å². The first-order valence-electron chi connectivity index (χ1n) is 4.28. The van der Waals surface area contributed by atoms with Crippen LogP contribution in [0.1, 0.15) is 11.1 Å². The van der Waals surface area contributed by atoms with E-state index in [1.807, 2.05) is 24.3 Å². The number of halogens is 1. The summed E-state index contributed by atoms with van der Waals surface area (Å²) in [5, 5.41) is 0. The van der Waals surface area contributed by atoms with Gasteiger partial charge in [0.1, 0.15) is 0 Å². The highest BCUT2D eigenvalue weighted by Crippen LogP contribution is 2.28. The SMILES string of the molecule is COC(=O)C1=Cc2ccc(Br)cc2C1. The molecule has 1 aromatic rings. The summed E-state index contributed by atoms with van der Waals surface area (Å²) < 4.78 is 5.71. The van der Waals surface area contributed by atoms with Crippen molar-refractivity contribution in [1.82, 2.24) is 0 Å². The molecule has 0 radical (unpaired) electrons. The van der Waals surface area contributed by atoms with Crippen LogP contribution in [0.3, 0.4) is 0 Å². The van der Waals surface area contributed by atoms with E-state index in [1.165, 1.54) is 12.7 Å². The molecule has 0 fully saturated rings. The van der Waals surface area contributed by atoms with E-state index in [2.05, 4.69) is 20.7 Å². The van der Waals surface area contributed by atoms with Gasteiger partial charge >= 0.3 is 5.97 Å². The number of carbonyl (C=O) groups excluding carboxylic acids is 1. The van der Waals surface area contributed by atoms with Crippen molar-refractivity contribution in [2.75, 3.05) is 7.11 Å². The zero-order valence-corrected chi connectivity index (χ0v) is 9.30. The van der Waals surface area contributed by atoms with Crippen molar-refractivity contribution < 1.29 is 9.53 Å². The third kappa shape index (κ3) is 1.60. The van der Waals surface area contributed by atoms with E-state index < -0.39 is 0 Å². The van der Waals surface area contributed by atoms with Crippen LogP contribution in [0.4, 0.5) is 0 Å². The van der Waals surface area contributed by atoms with Gasteiger partial charge in [0.2, 0.25) is 0 Å². The van der Waals surface area contributed by atoms with Crippen LogP contribution in [0, 0.1) is 0 Å². The molecule has 2 nitrogen and oxygen atoms in total. The Balaban J connectivity index is 2.32. The number of ether oxygens (including phenoxy) is 1. The molecule has 0 saturated heterocycles. The van der Waals surface area contributed by atoms with Gasteiger partial charge in [-0.25, -0.2) is 4.79 Å². The van der Waals surface area contributed by atoms with E-state index >= 15 is 0 Å². The fraction of sp³-hybridized carbons (Fsp3) is 0.182. The molecule has 3 heteroatoms. The van der Waals surface area contributed by atoms with E-state index in [0.29, 0.717) is 6.42 Å². The Morgan fingerprint density at radius 1 is 1.50 bits per heavy atom. The van der Waals surface area contributed by atoms with Crippen molar-refractivity contribution in [3.05, 3.63) is 39.4 Å². The molecule has 2 rings (SSSR count). The highest BCUT2D eigenvalue weighted by atomic mass is 79.9. The molecular weight excluding hydrogens is 244 g/mol.